The second kappa shape index (κ2) is 5.43. The third kappa shape index (κ3) is 2.58. The third-order valence-corrected chi connectivity index (χ3v) is 4.90. The topological polar surface area (TPSA) is 61.0 Å². The zero-order chi connectivity index (χ0) is 13.2. The van der Waals surface area contributed by atoms with Gasteiger partial charge in [0, 0.05) is 10.9 Å². The number of rotatable bonds is 3. The highest BCUT2D eigenvalue weighted by atomic mass is 32.1. The van der Waals surface area contributed by atoms with E-state index in [2.05, 4.69) is 23.0 Å². The molecule has 4 nitrogen and oxygen atoms in total. The van der Waals surface area contributed by atoms with Crippen molar-refractivity contribution in [2.45, 2.75) is 51.2 Å². The highest BCUT2D eigenvalue weighted by molar-refractivity contribution is 7.18. The summed E-state index contributed by atoms with van der Waals surface area (Å²) >= 11 is 1.71. The van der Waals surface area contributed by atoms with E-state index in [0.29, 0.717) is 5.88 Å². The predicted octanol–water partition coefficient (Wildman–Crippen LogP) is 2.90. The Balaban J connectivity index is 1.89. The van der Waals surface area contributed by atoms with Crippen molar-refractivity contribution in [2.24, 2.45) is 5.73 Å². The molecule has 0 amide bonds. The molecule has 19 heavy (non-hydrogen) atoms. The van der Waals surface area contributed by atoms with Gasteiger partial charge in [-0.1, -0.05) is 13.3 Å². The summed E-state index contributed by atoms with van der Waals surface area (Å²) in [7, 11) is 0. The van der Waals surface area contributed by atoms with Crippen LogP contribution >= 0.6 is 11.3 Å². The maximum absolute atomic E-state index is 6.14. The van der Waals surface area contributed by atoms with Gasteiger partial charge in [-0.05, 0) is 31.7 Å². The van der Waals surface area contributed by atoms with Crippen LogP contribution in [0.5, 0.6) is 5.88 Å². The zero-order valence-electron chi connectivity index (χ0n) is 11.1. The molecular weight excluding hydrogens is 258 g/mol. The number of aromatic nitrogens is 2. The first-order chi connectivity index (χ1) is 9.28. The minimum atomic E-state index is 0.0943. The molecule has 2 N–H and O–H groups in total. The Kier molecular flexibility index (Phi) is 3.66. The maximum Gasteiger partial charge on any atom is 0.225 e. The van der Waals surface area contributed by atoms with Gasteiger partial charge >= 0.3 is 0 Å². The van der Waals surface area contributed by atoms with Gasteiger partial charge < -0.3 is 10.5 Å². The van der Waals surface area contributed by atoms with Crippen molar-refractivity contribution in [1.29, 1.82) is 0 Å². The largest absolute Gasteiger partial charge is 0.472 e. The fraction of sp³-hybridized carbons (Fsp3) is 0.571. The van der Waals surface area contributed by atoms with Gasteiger partial charge in [0.2, 0.25) is 5.88 Å². The lowest BCUT2D eigenvalue weighted by Crippen LogP contribution is -2.41. The molecule has 5 heteroatoms. The van der Waals surface area contributed by atoms with Gasteiger partial charge in [0.05, 0.1) is 5.39 Å². The molecule has 1 aliphatic rings. The van der Waals surface area contributed by atoms with Crippen LogP contribution in [-0.4, -0.2) is 22.1 Å². The van der Waals surface area contributed by atoms with Gasteiger partial charge in [-0.15, -0.1) is 11.3 Å². The third-order valence-electron chi connectivity index (χ3n) is 3.71. The molecule has 102 valence electrons. The quantitative estimate of drug-likeness (QED) is 0.937. The van der Waals surface area contributed by atoms with Crippen molar-refractivity contribution in [3.63, 3.8) is 0 Å². The lowest BCUT2D eigenvalue weighted by Gasteiger charge is -2.28. The molecule has 1 aliphatic carbocycles. The summed E-state index contributed by atoms with van der Waals surface area (Å²) in [5.74, 6) is 0.698. The van der Waals surface area contributed by atoms with Crippen LogP contribution in [0.15, 0.2) is 12.4 Å². The van der Waals surface area contributed by atoms with Crippen molar-refractivity contribution in [3.8, 4) is 5.88 Å². The van der Waals surface area contributed by atoms with E-state index in [1.54, 1.807) is 17.7 Å². The standard InChI is InChI=1S/C14H19N3OS/c1-2-9-7-10-13(16-8-17-14(10)19-9)18-12-6-4-3-5-11(12)15/h7-8,11-12H,2-6,15H2,1H3. The van der Waals surface area contributed by atoms with Crippen LogP contribution in [-0.2, 0) is 6.42 Å². The van der Waals surface area contributed by atoms with Crippen molar-refractivity contribution in [2.75, 3.05) is 0 Å². The lowest BCUT2D eigenvalue weighted by atomic mass is 9.93. The van der Waals surface area contributed by atoms with Crippen LogP contribution in [0, 0.1) is 0 Å². The first-order valence-electron chi connectivity index (χ1n) is 6.93. The molecule has 0 saturated heterocycles. The number of hydrogen-bond donors (Lipinski definition) is 1. The number of ether oxygens (including phenoxy) is 1. The minimum Gasteiger partial charge on any atom is -0.472 e. The number of nitrogens with zero attached hydrogens (tertiary/aromatic N) is 2. The molecule has 3 rings (SSSR count). The molecule has 2 atom stereocenters. The van der Waals surface area contributed by atoms with Gasteiger partial charge in [0.25, 0.3) is 0 Å². The number of hydrogen-bond acceptors (Lipinski definition) is 5. The molecule has 1 saturated carbocycles. The second-order valence-corrected chi connectivity index (χ2v) is 6.18. The van der Waals surface area contributed by atoms with E-state index in [-0.39, 0.29) is 12.1 Å². The molecule has 2 unspecified atom stereocenters. The fourth-order valence-electron chi connectivity index (χ4n) is 2.57. The van der Waals surface area contributed by atoms with Crippen molar-refractivity contribution >= 4 is 21.6 Å². The Bertz CT molecular complexity index is 569. The van der Waals surface area contributed by atoms with Gasteiger partial charge in [0.15, 0.2) is 0 Å². The maximum atomic E-state index is 6.14. The smallest absolute Gasteiger partial charge is 0.225 e. The highest BCUT2D eigenvalue weighted by Crippen LogP contribution is 2.31. The van der Waals surface area contributed by atoms with E-state index >= 15 is 0 Å². The monoisotopic (exact) mass is 277 g/mol. The second-order valence-electron chi connectivity index (χ2n) is 5.07. The predicted molar refractivity (Wildman–Crippen MR) is 77.7 cm³/mol. The Labute approximate surface area is 117 Å². The van der Waals surface area contributed by atoms with Crippen LogP contribution in [0.1, 0.15) is 37.5 Å². The van der Waals surface area contributed by atoms with E-state index < -0.39 is 0 Å². The van der Waals surface area contributed by atoms with Crippen LogP contribution in [0.25, 0.3) is 10.2 Å². The average molecular weight is 277 g/mol. The van der Waals surface area contributed by atoms with E-state index in [0.717, 1.165) is 29.5 Å². The molecule has 2 aromatic heterocycles. The fourth-order valence-corrected chi connectivity index (χ4v) is 3.49. The van der Waals surface area contributed by atoms with Crippen LogP contribution in [0.2, 0.25) is 0 Å². The summed E-state index contributed by atoms with van der Waals surface area (Å²) in [4.78, 5) is 10.9. The molecule has 0 aromatic carbocycles. The van der Waals surface area contributed by atoms with Crippen molar-refractivity contribution < 1.29 is 4.74 Å². The molecular formula is C14H19N3OS. The number of nitrogens with two attached hydrogens (primary N) is 1. The molecule has 0 bridgehead atoms. The van der Waals surface area contributed by atoms with Crippen molar-refractivity contribution in [3.05, 3.63) is 17.3 Å². The number of thiophene rings is 1. The summed E-state index contributed by atoms with van der Waals surface area (Å²) in [5.41, 5.74) is 6.14. The van der Waals surface area contributed by atoms with Crippen molar-refractivity contribution in [1.82, 2.24) is 9.97 Å². The van der Waals surface area contributed by atoms with Crippen LogP contribution in [0.4, 0.5) is 0 Å². The van der Waals surface area contributed by atoms with E-state index in [1.165, 1.54) is 17.7 Å². The SMILES string of the molecule is CCc1cc2c(OC3CCCCC3N)ncnc2s1. The summed E-state index contributed by atoms with van der Waals surface area (Å²) < 4.78 is 6.07. The number of fused-ring (bicyclic) bond motifs is 1. The van der Waals surface area contributed by atoms with Gasteiger partial charge in [-0.3, -0.25) is 0 Å². The van der Waals surface area contributed by atoms with E-state index in [9.17, 15) is 0 Å². The molecule has 2 heterocycles. The summed E-state index contributed by atoms with van der Waals surface area (Å²) in [5, 5.41) is 1.03. The Morgan fingerprint density at radius 1 is 1.37 bits per heavy atom. The lowest BCUT2D eigenvalue weighted by molar-refractivity contribution is 0.128. The van der Waals surface area contributed by atoms with E-state index in [1.807, 2.05) is 0 Å². The minimum absolute atomic E-state index is 0.0943. The first kappa shape index (κ1) is 12.8. The molecule has 2 aromatic rings. The van der Waals surface area contributed by atoms with E-state index in [4.69, 9.17) is 10.5 Å². The first-order valence-corrected chi connectivity index (χ1v) is 7.75. The van der Waals surface area contributed by atoms with Gasteiger partial charge in [-0.25, -0.2) is 9.97 Å². The molecule has 0 spiro atoms. The summed E-state index contributed by atoms with van der Waals surface area (Å²) in [6.07, 6.45) is 7.16. The number of aryl methyl sites for hydroxylation is 1. The Morgan fingerprint density at radius 3 is 3.00 bits per heavy atom. The molecule has 0 radical (unpaired) electrons. The molecule has 0 aliphatic heterocycles. The normalized spacial score (nSPS) is 23.7. The Hall–Kier alpha value is -1.20. The zero-order valence-corrected chi connectivity index (χ0v) is 11.9. The van der Waals surface area contributed by atoms with Crippen LogP contribution in [0.3, 0.4) is 0 Å². The average Bonchev–Trinajstić information content (AvgIpc) is 2.85. The highest BCUT2D eigenvalue weighted by Gasteiger charge is 2.24. The van der Waals surface area contributed by atoms with Crippen LogP contribution < -0.4 is 10.5 Å². The Morgan fingerprint density at radius 2 is 2.21 bits per heavy atom. The summed E-state index contributed by atoms with van der Waals surface area (Å²) in [6.45, 7) is 2.15. The van der Waals surface area contributed by atoms with Gasteiger partial charge in [0.1, 0.15) is 17.3 Å². The summed E-state index contributed by atoms with van der Waals surface area (Å²) in [6, 6.07) is 2.27. The molecule has 1 fully saturated rings. The van der Waals surface area contributed by atoms with Gasteiger partial charge in [-0.2, -0.15) is 0 Å².